The maximum atomic E-state index is 11.0. The minimum atomic E-state index is -0.0991. The van der Waals surface area contributed by atoms with E-state index in [1.807, 2.05) is 0 Å². The summed E-state index contributed by atoms with van der Waals surface area (Å²) in [4.78, 5) is 11.0. The zero-order valence-electron chi connectivity index (χ0n) is 6.40. The van der Waals surface area contributed by atoms with Gasteiger partial charge < -0.3 is 0 Å². The van der Waals surface area contributed by atoms with Crippen molar-refractivity contribution in [3.8, 4) is 0 Å². The van der Waals surface area contributed by atoms with E-state index in [0.717, 1.165) is 0 Å². The molecule has 0 fully saturated rings. The van der Waals surface area contributed by atoms with Crippen molar-refractivity contribution in [3.05, 3.63) is 0 Å². The van der Waals surface area contributed by atoms with Crippen molar-refractivity contribution in [2.24, 2.45) is 16.1 Å². The lowest BCUT2D eigenvalue weighted by atomic mass is 10.2. The maximum Gasteiger partial charge on any atom is 0.250 e. The van der Waals surface area contributed by atoms with Crippen LogP contribution >= 0.6 is 0 Å². The van der Waals surface area contributed by atoms with Gasteiger partial charge in [-0.25, -0.2) is 0 Å². The molecule has 0 aromatic carbocycles. The summed E-state index contributed by atoms with van der Waals surface area (Å²) < 4.78 is 0. The second kappa shape index (κ2) is 3.14. The van der Waals surface area contributed by atoms with Crippen LogP contribution in [0.5, 0.6) is 0 Å². The zero-order chi connectivity index (χ0) is 8.27. The summed E-state index contributed by atoms with van der Waals surface area (Å²) in [6, 6.07) is 0. The van der Waals surface area contributed by atoms with E-state index < -0.39 is 0 Å². The highest BCUT2D eigenvalue weighted by atomic mass is 16.2. The molecule has 5 nitrogen and oxygen atoms in total. The number of nitrogens with one attached hydrogen (secondary N) is 1. The first-order valence-electron chi connectivity index (χ1n) is 3.31. The van der Waals surface area contributed by atoms with Gasteiger partial charge in [0, 0.05) is 5.92 Å². The smallest absolute Gasteiger partial charge is 0.250 e. The highest BCUT2D eigenvalue weighted by Gasteiger charge is 2.11. The first-order chi connectivity index (χ1) is 5.20. The number of carbonyl (C=O) groups excluding carboxylic acids is 1. The van der Waals surface area contributed by atoms with E-state index in [0.29, 0.717) is 0 Å². The molecule has 0 aromatic rings. The van der Waals surface area contributed by atoms with Crippen molar-refractivity contribution < 1.29 is 4.79 Å². The molecule has 1 rings (SSSR count). The quantitative estimate of drug-likeness (QED) is 0.551. The normalized spacial score (nSPS) is 14.6. The summed E-state index contributed by atoms with van der Waals surface area (Å²) in [6.07, 6.45) is 1.29. The average Bonchev–Trinajstić information content (AvgIpc) is 2.39. The average molecular weight is 153 g/mol. The molecule has 0 bridgehead atoms. The Bertz CT molecular complexity index is 219. The molecule has 1 aliphatic rings. The van der Waals surface area contributed by atoms with Crippen molar-refractivity contribution in [3.63, 3.8) is 0 Å². The number of hydrogen-bond acceptors (Lipinski definition) is 3. The topological polar surface area (TPSA) is 67.9 Å². The Kier molecular flexibility index (Phi) is 2.20. The van der Waals surface area contributed by atoms with Crippen molar-refractivity contribution in [1.82, 2.24) is 10.6 Å². The van der Waals surface area contributed by atoms with Gasteiger partial charge in [-0.2, -0.15) is 5.32 Å². The van der Waals surface area contributed by atoms with E-state index in [9.17, 15) is 4.79 Å². The van der Waals surface area contributed by atoms with Gasteiger partial charge in [0.25, 0.3) is 5.96 Å². The van der Waals surface area contributed by atoms with Crippen LogP contribution in [0.2, 0.25) is 0 Å². The fourth-order valence-corrected chi connectivity index (χ4v) is 0.499. The number of guanidine groups is 1. The summed E-state index contributed by atoms with van der Waals surface area (Å²) in [6.45, 7) is 3.59. The highest BCUT2D eigenvalue weighted by Crippen LogP contribution is 1.91. The summed E-state index contributed by atoms with van der Waals surface area (Å²) in [5.74, 6) is 0.107. The fourth-order valence-electron chi connectivity index (χ4n) is 0.499. The van der Waals surface area contributed by atoms with E-state index in [1.165, 1.54) is 6.34 Å². The van der Waals surface area contributed by atoms with E-state index in [1.54, 1.807) is 13.8 Å². The Balaban J connectivity index is 2.37. The van der Waals surface area contributed by atoms with Crippen LogP contribution in [0.15, 0.2) is 10.2 Å². The molecule has 0 saturated carbocycles. The Morgan fingerprint density at radius 3 is 2.82 bits per heavy atom. The van der Waals surface area contributed by atoms with Crippen LogP contribution in [0.25, 0.3) is 0 Å². The van der Waals surface area contributed by atoms with Crippen molar-refractivity contribution in [2.75, 3.05) is 0 Å². The molecule has 0 aliphatic carbocycles. The van der Waals surface area contributed by atoms with Gasteiger partial charge in [-0.15, -0.1) is 10.2 Å². The Labute approximate surface area is 64.6 Å². The summed E-state index contributed by atoms with van der Waals surface area (Å²) in [5, 5.41) is 13.2. The van der Waals surface area contributed by atoms with Crippen LogP contribution in [0.3, 0.4) is 0 Å². The van der Waals surface area contributed by atoms with E-state index in [4.69, 9.17) is 0 Å². The Morgan fingerprint density at radius 1 is 1.64 bits per heavy atom. The first-order valence-corrected chi connectivity index (χ1v) is 3.31. The van der Waals surface area contributed by atoms with Crippen molar-refractivity contribution in [1.29, 1.82) is 0 Å². The third kappa shape index (κ3) is 2.03. The van der Waals surface area contributed by atoms with Crippen molar-refractivity contribution in [2.45, 2.75) is 13.8 Å². The number of rotatable bonds is 1. The molecule has 1 radical (unpaired) electrons. The van der Waals surface area contributed by atoms with Crippen LogP contribution < -0.4 is 10.6 Å². The Morgan fingerprint density at radius 2 is 2.36 bits per heavy atom. The summed E-state index contributed by atoms with van der Waals surface area (Å²) in [7, 11) is 0. The van der Waals surface area contributed by atoms with E-state index >= 15 is 0 Å². The minimum Gasteiger partial charge on any atom is -0.293 e. The van der Waals surface area contributed by atoms with Crippen LogP contribution in [-0.2, 0) is 4.79 Å². The molecule has 1 amide bonds. The molecular weight excluding hydrogens is 144 g/mol. The first kappa shape index (κ1) is 7.71. The monoisotopic (exact) mass is 153 g/mol. The second-order valence-electron chi connectivity index (χ2n) is 2.43. The lowest BCUT2D eigenvalue weighted by Crippen LogP contribution is -2.37. The predicted octanol–water partition coefficient (Wildman–Crippen LogP) is -0.324. The molecule has 0 unspecified atom stereocenters. The molecule has 59 valence electrons. The summed E-state index contributed by atoms with van der Waals surface area (Å²) in [5.41, 5.74) is 0. The van der Waals surface area contributed by atoms with E-state index in [-0.39, 0.29) is 17.8 Å². The van der Waals surface area contributed by atoms with Crippen LogP contribution in [-0.4, -0.2) is 18.2 Å². The van der Waals surface area contributed by atoms with Crippen LogP contribution in [0.4, 0.5) is 0 Å². The molecule has 0 spiro atoms. The largest absolute Gasteiger partial charge is 0.293 e. The number of carbonyl (C=O) groups is 1. The van der Waals surface area contributed by atoms with Crippen LogP contribution in [0, 0.1) is 5.92 Å². The zero-order valence-corrected chi connectivity index (χ0v) is 6.40. The van der Waals surface area contributed by atoms with Gasteiger partial charge in [0.05, 0.1) is 0 Å². The number of nitrogens with zero attached hydrogens (tertiary/aromatic N) is 3. The molecule has 0 atom stereocenters. The lowest BCUT2D eigenvalue weighted by Gasteiger charge is -2.03. The standard InChI is InChI=1S/C6H9N4O/c1-4(2)5(11)9-6-7-3-8-10-6/h3-4H,1-2H3,(H,9,10,11). The second-order valence-corrected chi connectivity index (χ2v) is 2.43. The number of hydrogen-bond donors (Lipinski definition) is 1. The predicted molar refractivity (Wildman–Crippen MR) is 41.0 cm³/mol. The van der Waals surface area contributed by atoms with Gasteiger partial charge in [-0.05, 0) is 0 Å². The molecule has 1 heterocycles. The SMILES string of the molecule is CC(C)C(=O)NC1=NN=C[N]1. The van der Waals surface area contributed by atoms with Gasteiger partial charge in [-0.3, -0.25) is 10.1 Å². The third-order valence-electron chi connectivity index (χ3n) is 1.14. The van der Waals surface area contributed by atoms with Gasteiger partial charge in [0.15, 0.2) is 0 Å². The van der Waals surface area contributed by atoms with Gasteiger partial charge >= 0.3 is 0 Å². The molecule has 5 heteroatoms. The molecule has 11 heavy (non-hydrogen) atoms. The molecule has 1 N–H and O–H groups in total. The third-order valence-corrected chi connectivity index (χ3v) is 1.14. The van der Waals surface area contributed by atoms with Crippen LogP contribution in [0.1, 0.15) is 13.8 Å². The fraction of sp³-hybridized carbons (Fsp3) is 0.500. The van der Waals surface area contributed by atoms with Crippen molar-refractivity contribution >= 4 is 18.2 Å². The summed E-state index contributed by atoms with van der Waals surface area (Å²) >= 11 is 0. The maximum absolute atomic E-state index is 11.0. The van der Waals surface area contributed by atoms with Gasteiger partial charge in [0.1, 0.15) is 6.34 Å². The molecular formula is C6H9N4O. The molecule has 0 aromatic heterocycles. The Hall–Kier alpha value is -1.39. The highest BCUT2D eigenvalue weighted by molar-refractivity contribution is 6.03. The van der Waals surface area contributed by atoms with Gasteiger partial charge in [-0.1, -0.05) is 13.8 Å². The number of amides is 1. The molecule has 0 saturated heterocycles. The van der Waals surface area contributed by atoms with Gasteiger partial charge in [0.2, 0.25) is 5.91 Å². The molecule has 1 aliphatic heterocycles. The minimum absolute atomic E-state index is 0.0616. The van der Waals surface area contributed by atoms with E-state index in [2.05, 4.69) is 20.8 Å². The lowest BCUT2D eigenvalue weighted by molar-refractivity contribution is -0.122.